The van der Waals surface area contributed by atoms with Crippen LogP contribution < -0.4 is 0 Å². The Bertz CT molecular complexity index is 936. The fourth-order valence-corrected chi connectivity index (χ4v) is 7.10. The molecule has 13 heteroatoms. The van der Waals surface area contributed by atoms with Gasteiger partial charge in [-0.05, 0) is 12.8 Å². The van der Waals surface area contributed by atoms with Crippen LogP contribution in [0.1, 0.15) is 181 Å². The predicted octanol–water partition coefficient (Wildman–Crippen LogP) is 7.74. The zero-order valence-electron chi connectivity index (χ0n) is 32.6. The van der Waals surface area contributed by atoms with Gasteiger partial charge in [0, 0.05) is 13.0 Å². The SMILES string of the molecule is CCCCCCCCCCCCCCCCCCCCCCCCCCOCC(COC1OC(CO)C(O)C(OS(=O)(=O)O)C1O)OC(=O)CCC. The normalized spacial score (nSPS) is 21.4. The number of carbonyl (C=O) groups is 1. The van der Waals surface area contributed by atoms with Gasteiger partial charge in [-0.25, -0.2) is 4.18 Å². The van der Waals surface area contributed by atoms with Crippen LogP contribution in [0.5, 0.6) is 0 Å². The predicted molar refractivity (Wildman–Crippen MR) is 202 cm³/mol. The summed E-state index contributed by atoms with van der Waals surface area (Å²) in [6, 6.07) is 0. The number of unbranched alkanes of at least 4 members (excludes halogenated alkanes) is 23. The van der Waals surface area contributed by atoms with Gasteiger partial charge >= 0.3 is 16.4 Å². The maximum Gasteiger partial charge on any atom is 0.397 e. The van der Waals surface area contributed by atoms with Crippen molar-refractivity contribution in [3.63, 3.8) is 0 Å². The molecule has 6 unspecified atom stereocenters. The van der Waals surface area contributed by atoms with Gasteiger partial charge in [-0.2, -0.15) is 8.42 Å². The molecule has 0 spiro atoms. The number of aliphatic hydroxyl groups excluding tert-OH is 3. The van der Waals surface area contributed by atoms with Crippen LogP contribution in [0.4, 0.5) is 0 Å². The first kappa shape index (κ1) is 49.1. The minimum Gasteiger partial charge on any atom is -0.457 e. The summed E-state index contributed by atoms with van der Waals surface area (Å²) < 4.78 is 58.0. The Morgan fingerprint density at radius 2 is 1.10 bits per heavy atom. The molecule has 0 saturated carbocycles. The average molecular weight is 769 g/mol. The summed E-state index contributed by atoms with van der Waals surface area (Å²) in [4.78, 5) is 12.2. The molecule has 6 atom stereocenters. The monoisotopic (exact) mass is 769 g/mol. The van der Waals surface area contributed by atoms with E-state index in [2.05, 4.69) is 11.1 Å². The molecule has 52 heavy (non-hydrogen) atoms. The standard InChI is InChI=1S/C39H76O12S/c1-3-5-6-7-8-9-10-11-12-13-14-15-16-17-18-19-20-21-22-23-24-25-26-27-29-47-31-33(49-35(41)28-4-2)32-48-39-37(43)38(51-52(44,45)46)36(42)34(30-40)50-39/h33-34,36-40,42-43H,3-32H2,1-2H3,(H,44,45,46). The van der Waals surface area contributed by atoms with Crippen LogP contribution in [-0.4, -0.2) is 97.5 Å². The smallest absolute Gasteiger partial charge is 0.397 e. The fraction of sp³-hybridized carbons (Fsp3) is 0.974. The number of esters is 1. The Kier molecular flexibility index (Phi) is 30.6. The van der Waals surface area contributed by atoms with Gasteiger partial charge in [-0.1, -0.05) is 162 Å². The van der Waals surface area contributed by atoms with Gasteiger partial charge in [0.15, 0.2) is 6.29 Å². The van der Waals surface area contributed by atoms with Gasteiger partial charge in [-0.15, -0.1) is 0 Å². The second-order valence-corrected chi connectivity index (χ2v) is 15.6. The summed E-state index contributed by atoms with van der Waals surface area (Å²) in [5, 5.41) is 30.2. The molecule has 1 fully saturated rings. The zero-order valence-corrected chi connectivity index (χ0v) is 33.5. The zero-order chi connectivity index (χ0) is 38.3. The third-order valence-electron chi connectivity index (χ3n) is 9.70. The van der Waals surface area contributed by atoms with Crippen molar-refractivity contribution in [3.05, 3.63) is 0 Å². The lowest BCUT2D eigenvalue weighted by molar-refractivity contribution is -0.301. The van der Waals surface area contributed by atoms with Crippen molar-refractivity contribution >= 4 is 16.4 Å². The molecular formula is C39H76O12S. The van der Waals surface area contributed by atoms with Gasteiger partial charge in [0.25, 0.3) is 0 Å². The van der Waals surface area contributed by atoms with E-state index in [-0.39, 0.29) is 19.6 Å². The first-order chi connectivity index (χ1) is 25.1. The third kappa shape index (κ3) is 26.0. The molecule has 1 aliphatic heterocycles. The van der Waals surface area contributed by atoms with Gasteiger partial charge in [0.1, 0.15) is 30.5 Å². The molecule has 0 aromatic heterocycles. The Labute approximate surface area is 316 Å². The minimum absolute atomic E-state index is 0.0363. The van der Waals surface area contributed by atoms with E-state index in [4.69, 9.17) is 23.5 Å². The first-order valence-electron chi connectivity index (χ1n) is 20.8. The summed E-state index contributed by atoms with van der Waals surface area (Å²) in [7, 11) is -5.04. The highest BCUT2D eigenvalue weighted by Crippen LogP contribution is 2.26. The van der Waals surface area contributed by atoms with E-state index in [0.29, 0.717) is 13.0 Å². The van der Waals surface area contributed by atoms with Crippen LogP contribution in [0.15, 0.2) is 0 Å². The largest absolute Gasteiger partial charge is 0.457 e. The van der Waals surface area contributed by atoms with Crippen molar-refractivity contribution in [1.29, 1.82) is 0 Å². The minimum atomic E-state index is -5.04. The molecular weight excluding hydrogens is 692 g/mol. The number of carbonyl (C=O) groups excluding carboxylic acids is 1. The lowest BCUT2D eigenvalue weighted by Gasteiger charge is -2.41. The summed E-state index contributed by atoms with van der Waals surface area (Å²) in [5.41, 5.74) is 0. The lowest BCUT2D eigenvalue weighted by atomic mass is 9.99. The highest BCUT2D eigenvalue weighted by molar-refractivity contribution is 7.80. The molecule has 1 heterocycles. The molecule has 0 aromatic rings. The molecule has 0 radical (unpaired) electrons. The number of rotatable bonds is 36. The fourth-order valence-electron chi connectivity index (χ4n) is 6.59. The molecule has 0 aromatic carbocycles. The lowest BCUT2D eigenvalue weighted by Crippen LogP contribution is -2.60. The molecule has 1 aliphatic rings. The van der Waals surface area contributed by atoms with Crippen molar-refractivity contribution in [2.24, 2.45) is 0 Å². The maximum absolute atomic E-state index is 12.2. The highest BCUT2D eigenvalue weighted by Gasteiger charge is 2.48. The first-order valence-corrected chi connectivity index (χ1v) is 22.2. The van der Waals surface area contributed by atoms with Gasteiger partial charge in [-0.3, -0.25) is 9.35 Å². The van der Waals surface area contributed by atoms with Crippen LogP contribution in [0.25, 0.3) is 0 Å². The third-order valence-corrected chi connectivity index (χ3v) is 10.2. The van der Waals surface area contributed by atoms with E-state index >= 15 is 0 Å². The second kappa shape index (κ2) is 32.4. The molecule has 0 amide bonds. The van der Waals surface area contributed by atoms with Crippen molar-refractivity contribution in [1.82, 2.24) is 0 Å². The van der Waals surface area contributed by atoms with Crippen molar-refractivity contribution in [3.8, 4) is 0 Å². The summed E-state index contributed by atoms with van der Waals surface area (Å²) in [5.74, 6) is -0.448. The topological polar surface area (TPSA) is 178 Å². The maximum atomic E-state index is 12.2. The van der Waals surface area contributed by atoms with E-state index in [9.17, 15) is 28.5 Å². The average Bonchev–Trinajstić information content (AvgIpc) is 3.10. The Morgan fingerprint density at radius 3 is 1.50 bits per heavy atom. The highest BCUT2D eigenvalue weighted by atomic mass is 32.3. The van der Waals surface area contributed by atoms with Gasteiger partial charge in [0.05, 0.1) is 19.8 Å². The van der Waals surface area contributed by atoms with Crippen LogP contribution in [-0.2, 0) is 38.3 Å². The van der Waals surface area contributed by atoms with E-state index < -0.39 is 59.8 Å². The molecule has 1 saturated heterocycles. The molecule has 1 rings (SSSR count). The molecule has 12 nitrogen and oxygen atoms in total. The van der Waals surface area contributed by atoms with Crippen LogP contribution >= 0.6 is 0 Å². The van der Waals surface area contributed by atoms with E-state index in [1.54, 1.807) is 0 Å². The van der Waals surface area contributed by atoms with Crippen molar-refractivity contribution in [2.45, 2.75) is 218 Å². The summed E-state index contributed by atoms with van der Waals surface area (Å²) in [6.45, 7) is 3.62. The van der Waals surface area contributed by atoms with Gasteiger partial charge < -0.3 is 34.3 Å². The second-order valence-electron chi connectivity index (χ2n) is 14.6. The summed E-state index contributed by atoms with van der Waals surface area (Å²) in [6.07, 6.45) is 23.5. The molecule has 0 aliphatic carbocycles. The quantitative estimate of drug-likeness (QED) is 0.0277. The number of hydrogen-bond donors (Lipinski definition) is 4. The number of ether oxygens (including phenoxy) is 4. The van der Waals surface area contributed by atoms with Crippen molar-refractivity contribution < 1.29 is 56.2 Å². The number of hydrogen-bond acceptors (Lipinski definition) is 11. The Morgan fingerprint density at radius 1 is 0.654 bits per heavy atom. The van der Waals surface area contributed by atoms with E-state index in [1.165, 1.54) is 135 Å². The van der Waals surface area contributed by atoms with Gasteiger partial charge in [0.2, 0.25) is 0 Å². The van der Waals surface area contributed by atoms with Crippen molar-refractivity contribution in [2.75, 3.05) is 26.4 Å². The molecule has 310 valence electrons. The summed E-state index contributed by atoms with van der Waals surface area (Å²) >= 11 is 0. The Balaban J connectivity index is 2.09. The molecule has 0 bridgehead atoms. The van der Waals surface area contributed by atoms with Crippen LogP contribution in [0.3, 0.4) is 0 Å². The van der Waals surface area contributed by atoms with Crippen LogP contribution in [0, 0.1) is 0 Å². The molecule has 4 N–H and O–H groups in total. The number of aliphatic hydroxyl groups is 3. The Hall–Kier alpha value is -0.900. The van der Waals surface area contributed by atoms with E-state index in [0.717, 1.165) is 19.3 Å². The van der Waals surface area contributed by atoms with Crippen LogP contribution in [0.2, 0.25) is 0 Å². The van der Waals surface area contributed by atoms with E-state index in [1.807, 2.05) is 6.92 Å².